The van der Waals surface area contributed by atoms with Gasteiger partial charge in [0.1, 0.15) is 6.33 Å². The average molecular weight is 270 g/mol. The summed E-state index contributed by atoms with van der Waals surface area (Å²) >= 11 is 0. The molecular weight excluding hydrogens is 252 g/mol. The second-order valence-corrected chi connectivity index (χ2v) is 5.66. The fourth-order valence-electron chi connectivity index (χ4n) is 2.70. The Labute approximate surface area is 118 Å². The molecule has 1 aliphatic heterocycles. The minimum atomic E-state index is 0.106. The molecule has 0 radical (unpaired) electrons. The SMILES string of the molecule is CC1(C)CCCN1c1cnc(-c2cncnc2)nc1N. The first-order chi connectivity index (χ1) is 9.58. The van der Waals surface area contributed by atoms with Gasteiger partial charge in [0.15, 0.2) is 11.6 Å². The van der Waals surface area contributed by atoms with Crippen molar-refractivity contribution in [3.63, 3.8) is 0 Å². The average Bonchev–Trinajstić information content (AvgIpc) is 2.79. The van der Waals surface area contributed by atoms with Gasteiger partial charge in [-0.25, -0.2) is 19.9 Å². The van der Waals surface area contributed by atoms with Crippen molar-refractivity contribution >= 4 is 11.5 Å². The van der Waals surface area contributed by atoms with Crippen molar-refractivity contribution in [1.82, 2.24) is 19.9 Å². The Morgan fingerprint density at radius 2 is 1.95 bits per heavy atom. The van der Waals surface area contributed by atoms with E-state index in [-0.39, 0.29) is 5.54 Å². The molecule has 6 heteroatoms. The predicted molar refractivity (Wildman–Crippen MR) is 78.1 cm³/mol. The lowest BCUT2D eigenvalue weighted by Gasteiger charge is -2.33. The van der Waals surface area contributed by atoms with E-state index in [0.717, 1.165) is 24.2 Å². The van der Waals surface area contributed by atoms with Crippen molar-refractivity contribution in [1.29, 1.82) is 0 Å². The topological polar surface area (TPSA) is 80.8 Å². The van der Waals surface area contributed by atoms with Gasteiger partial charge in [0.05, 0.1) is 17.4 Å². The van der Waals surface area contributed by atoms with Gasteiger partial charge in [-0.2, -0.15) is 0 Å². The normalized spacial score (nSPS) is 17.4. The van der Waals surface area contributed by atoms with Crippen molar-refractivity contribution in [2.24, 2.45) is 0 Å². The summed E-state index contributed by atoms with van der Waals surface area (Å²) in [6.45, 7) is 5.44. The second-order valence-electron chi connectivity index (χ2n) is 5.66. The zero-order chi connectivity index (χ0) is 14.2. The molecule has 1 aliphatic rings. The highest BCUT2D eigenvalue weighted by Gasteiger charge is 2.33. The maximum absolute atomic E-state index is 6.13. The molecule has 6 nitrogen and oxygen atoms in total. The Hall–Kier alpha value is -2.24. The lowest BCUT2D eigenvalue weighted by atomic mass is 10.0. The number of hydrogen-bond donors (Lipinski definition) is 1. The van der Waals surface area contributed by atoms with Crippen molar-refractivity contribution in [2.45, 2.75) is 32.2 Å². The minimum Gasteiger partial charge on any atom is -0.382 e. The third-order valence-corrected chi connectivity index (χ3v) is 3.81. The highest BCUT2D eigenvalue weighted by Crippen LogP contribution is 2.36. The molecule has 0 aromatic carbocycles. The molecule has 2 aromatic rings. The monoisotopic (exact) mass is 270 g/mol. The Morgan fingerprint density at radius 3 is 2.55 bits per heavy atom. The number of hydrogen-bond acceptors (Lipinski definition) is 6. The van der Waals surface area contributed by atoms with Crippen LogP contribution in [-0.4, -0.2) is 32.0 Å². The van der Waals surface area contributed by atoms with E-state index in [4.69, 9.17) is 5.73 Å². The highest BCUT2D eigenvalue weighted by atomic mass is 15.2. The Bertz CT molecular complexity index is 610. The highest BCUT2D eigenvalue weighted by molar-refractivity contribution is 5.67. The van der Waals surface area contributed by atoms with Gasteiger partial charge in [0.25, 0.3) is 0 Å². The molecule has 3 heterocycles. The fourth-order valence-corrected chi connectivity index (χ4v) is 2.70. The van der Waals surface area contributed by atoms with E-state index in [1.54, 1.807) is 18.6 Å². The van der Waals surface area contributed by atoms with Gasteiger partial charge in [-0.05, 0) is 26.7 Å². The number of anilines is 2. The van der Waals surface area contributed by atoms with Crippen LogP contribution in [0.1, 0.15) is 26.7 Å². The van der Waals surface area contributed by atoms with Crippen LogP contribution in [0.5, 0.6) is 0 Å². The summed E-state index contributed by atoms with van der Waals surface area (Å²) in [5.74, 6) is 1.07. The minimum absolute atomic E-state index is 0.106. The molecule has 0 unspecified atom stereocenters. The summed E-state index contributed by atoms with van der Waals surface area (Å²) in [6.07, 6.45) is 8.97. The molecule has 1 fully saturated rings. The molecule has 0 saturated carbocycles. The lowest BCUT2D eigenvalue weighted by Crippen LogP contribution is -2.38. The molecule has 2 aromatic heterocycles. The van der Waals surface area contributed by atoms with Gasteiger partial charge < -0.3 is 10.6 Å². The van der Waals surface area contributed by atoms with Crippen molar-refractivity contribution in [2.75, 3.05) is 17.2 Å². The smallest absolute Gasteiger partial charge is 0.164 e. The zero-order valence-corrected chi connectivity index (χ0v) is 11.7. The quantitative estimate of drug-likeness (QED) is 0.897. The van der Waals surface area contributed by atoms with Gasteiger partial charge in [0.2, 0.25) is 0 Å². The summed E-state index contributed by atoms with van der Waals surface area (Å²) in [5.41, 5.74) is 7.91. The Kier molecular flexibility index (Phi) is 3.00. The van der Waals surface area contributed by atoms with Crippen molar-refractivity contribution in [3.05, 3.63) is 24.9 Å². The van der Waals surface area contributed by atoms with Gasteiger partial charge in [-0.15, -0.1) is 0 Å². The van der Waals surface area contributed by atoms with Crippen LogP contribution in [0.25, 0.3) is 11.4 Å². The number of rotatable bonds is 2. The number of nitrogens with two attached hydrogens (primary N) is 1. The molecule has 0 aliphatic carbocycles. The van der Waals surface area contributed by atoms with E-state index in [9.17, 15) is 0 Å². The Morgan fingerprint density at radius 1 is 1.20 bits per heavy atom. The van der Waals surface area contributed by atoms with E-state index in [1.807, 2.05) is 0 Å². The molecule has 0 atom stereocenters. The molecule has 2 N–H and O–H groups in total. The first-order valence-corrected chi connectivity index (χ1v) is 6.73. The standard InChI is InChI=1S/C14H18N6/c1-14(2)4-3-5-20(14)11-8-18-13(19-12(11)15)10-6-16-9-17-7-10/h6-9H,3-5H2,1-2H3,(H2,15,18,19). The fraction of sp³-hybridized carbons (Fsp3) is 0.429. The molecule has 104 valence electrons. The zero-order valence-electron chi connectivity index (χ0n) is 11.7. The predicted octanol–water partition coefficient (Wildman–Crippen LogP) is 1.89. The molecular formula is C14H18N6. The second kappa shape index (κ2) is 4.70. The lowest BCUT2D eigenvalue weighted by molar-refractivity contribution is 0.517. The van der Waals surface area contributed by atoms with Crippen LogP contribution in [0, 0.1) is 0 Å². The number of nitrogens with zero attached hydrogens (tertiary/aromatic N) is 5. The molecule has 0 bridgehead atoms. The first-order valence-electron chi connectivity index (χ1n) is 6.73. The summed E-state index contributed by atoms with van der Waals surface area (Å²) in [4.78, 5) is 19.0. The summed E-state index contributed by atoms with van der Waals surface area (Å²) in [5, 5.41) is 0. The molecule has 0 amide bonds. The summed E-state index contributed by atoms with van der Waals surface area (Å²) in [7, 11) is 0. The van der Waals surface area contributed by atoms with E-state index >= 15 is 0 Å². The van der Waals surface area contributed by atoms with Crippen LogP contribution in [0.3, 0.4) is 0 Å². The summed E-state index contributed by atoms with van der Waals surface area (Å²) in [6, 6.07) is 0. The van der Waals surface area contributed by atoms with E-state index in [0.29, 0.717) is 11.6 Å². The maximum atomic E-state index is 6.13. The van der Waals surface area contributed by atoms with Crippen LogP contribution in [-0.2, 0) is 0 Å². The van der Waals surface area contributed by atoms with Crippen LogP contribution in [0.2, 0.25) is 0 Å². The van der Waals surface area contributed by atoms with Gasteiger partial charge in [-0.1, -0.05) is 0 Å². The number of nitrogen functional groups attached to an aromatic ring is 1. The van der Waals surface area contributed by atoms with Crippen LogP contribution in [0.4, 0.5) is 11.5 Å². The molecule has 1 saturated heterocycles. The third-order valence-electron chi connectivity index (χ3n) is 3.81. The first kappa shape index (κ1) is 12.8. The van der Waals surface area contributed by atoms with Gasteiger partial charge in [0, 0.05) is 24.5 Å². The van der Waals surface area contributed by atoms with Crippen LogP contribution < -0.4 is 10.6 Å². The van der Waals surface area contributed by atoms with E-state index < -0.39 is 0 Å². The van der Waals surface area contributed by atoms with Crippen LogP contribution in [0.15, 0.2) is 24.9 Å². The molecule has 20 heavy (non-hydrogen) atoms. The van der Waals surface area contributed by atoms with E-state index in [2.05, 4.69) is 38.7 Å². The third kappa shape index (κ3) is 2.17. The molecule has 0 spiro atoms. The maximum Gasteiger partial charge on any atom is 0.164 e. The van der Waals surface area contributed by atoms with Crippen molar-refractivity contribution < 1.29 is 0 Å². The van der Waals surface area contributed by atoms with Crippen LogP contribution >= 0.6 is 0 Å². The largest absolute Gasteiger partial charge is 0.382 e. The van der Waals surface area contributed by atoms with E-state index in [1.165, 1.54) is 12.7 Å². The molecule has 3 rings (SSSR count). The summed E-state index contributed by atoms with van der Waals surface area (Å²) < 4.78 is 0. The van der Waals surface area contributed by atoms with Crippen molar-refractivity contribution in [3.8, 4) is 11.4 Å². The Balaban J connectivity index is 1.96. The number of aromatic nitrogens is 4. The van der Waals surface area contributed by atoms with Gasteiger partial charge in [-0.3, -0.25) is 0 Å². The van der Waals surface area contributed by atoms with Gasteiger partial charge >= 0.3 is 0 Å².